The number of esters is 1. The lowest BCUT2D eigenvalue weighted by Gasteiger charge is -2.18. The van der Waals surface area contributed by atoms with Gasteiger partial charge in [-0.05, 0) is 30.3 Å². The van der Waals surface area contributed by atoms with E-state index in [0.29, 0.717) is 13.1 Å². The van der Waals surface area contributed by atoms with Gasteiger partial charge in [-0.15, -0.1) is 0 Å². The summed E-state index contributed by atoms with van der Waals surface area (Å²) in [6.45, 7) is 3.54. The predicted octanol–water partition coefficient (Wildman–Crippen LogP) is 2.33. The monoisotopic (exact) mass is 422 g/mol. The van der Waals surface area contributed by atoms with E-state index >= 15 is 0 Å². The topological polar surface area (TPSA) is 92.8 Å². The Morgan fingerprint density at radius 1 is 1.03 bits per heavy atom. The van der Waals surface area contributed by atoms with Crippen molar-refractivity contribution >= 4 is 21.9 Å². The van der Waals surface area contributed by atoms with E-state index in [4.69, 9.17) is 4.74 Å². The number of rotatable bonds is 9. The molecule has 2 aromatic carbocycles. The van der Waals surface area contributed by atoms with Crippen LogP contribution in [0.25, 0.3) is 0 Å². The van der Waals surface area contributed by atoms with Crippen LogP contribution in [0.2, 0.25) is 0 Å². The van der Waals surface area contributed by atoms with Crippen LogP contribution in [0.1, 0.15) is 29.8 Å². The highest BCUT2D eigenvalue weighted by atomic mass is 32.2. The van der Waals surface area contributed by atoms with Gasteiger partial charge in [0, 0.05) is 24.2 Å². The number of hydrogen-bond acceptors (Lipinski definition) is 5. The number of amides is 1. The summed E-state index contributed by atoms with van der Waals surface area (Å²) in [5, 5.41) is 2.39. The molecular weight excluding hydrogens is 399 g/mol. The van der Waals surface area contributed by atoms with Gasteiger partial charge in [0.05, 0.1) is 4.90 Å². The van der Waals surface area contributed by atoms with Crippen molar-refractivity contribution in [2.75, 3.05) is 19.6 Å². The standard InChI is InChI=1S/C20H23FN2O5S/c1-3-23(4-2)29(26,27)17-11-9-15(10-12-17)20(25)22-13-19(24)28-14-16-7-5-6-8-18(16)21/h5-12H,3-4,13-14H2,1-2H3,(H,22,25). The minimum Gasteiger partial charge on any atom is -0.459 e. The van der Waals surface area contributed by atoms with E-state index < -0.39 is 34.3 Å². The summed E-state index contributed by atoms with van der Waals surface area (Å²) in [5.74, 6) is -1.76. The van der Waals surface area contributed by atoms with Gasteiger partial charge in [0.25, 0.3) is 5.91 Å². The molecule has 0 atom stereocenters. The Kier molecular flexibility index (Phi) is 7.86. The number of nitrogens with one attached hydrogen (secondary N) is 1. The maximum absolute atomic E-state index is 13.5. The first-order chi connectivity index (χ1) is 13.8. The number of hydrogen-bond donors (Lipinski definition) is 1. The van der Waals surface area contributed by atoms with Crippen LogP contribution in [-0.2, 0) is 26.2 Å². The number of carbonyl (C=O) groups is 2. The summed E-state index contributed by atoms with van der Waals surface area (Å²) in [6, 6.07) is 11.3. The number of sulfonamides is 1. The van der Waals surface area contributed by atoms with Gasteiger partial charge in [0.15, 0.2) is 0 Å². The van der Waals surface area contributed by atoms with Gasteiger partial charge in [-0.25, -0.2) is 12.8 Å². The van der Waals surface area contributed by atoms with Crippen molar-refractivity contribution in [3.8, 4) is 0 Å². The fourth-order valence-electron chi connectivity index (χ4n) is 2.57. The number of nitrogens with zero attached hydrogens (tertiary/aromatic N) is 1. The lowest BCUT2D eigenvalue weighted by atomic mass is 10.2. The molecule has 0 bridgehead atoms. The predicted molar refractivity (Wildman–Crippen MR) is 105 cm³/mol. The average Bonchev–Trinajstić information content (AvgIpc) is 2.72. The van der Waals surface area contributed by atoms with Gasteiger partial charge in [0.2, 0.25) is 10.0 Å². The summed E-state index contributed by atoms with van der Waals surface area (Å²) in [7, 11) is -3.61. The molecule has 7 nitrogen and oxygen atoms in total. The maximum Gasteiger partial charge on any atom is 0.325 e. The Hall–Kier alpha value is -2.78. The Balaban J connectivity index is 1.91. The molecular formula is C20H23FN2O5S. The zero-order valence-corrected chi connectivity index (χ0v) is 17.0. The van der Waals surface area contributed by atoms with Gasteiger partial charge in [-0.2, -0.15) is 4.31 Å². The number of ether oxygens (including phenoxy) is 1. The van der Waals surface area contributed by atoms with Crippen molar-refractivity contribution in [3.63, 3.8) is 0 Å². The fourth-order valence-corrected chi connectivity index (χ4v) is 4.03. The zero-order valence-electron chi connectivity index (χ0n) is 16.2. The second-order valence-electron chi connectivity index (χ2n) is 6.05. The van der Waals surface area contributed by atoms with Crippen molar-refractivity contribution in [2.24, 2.45) is 0 Å². The average molecular weight is 422 g/mol. The summed E-state index contributed by atoms with van der Waals surface area (Å²) in [6.07, 6.45) is 0. The van der Waals surface area contributed by atoms with Gasteiger partial charge in [-0.1, -0.05) is 32.0 Å². The summed E-state index contributed by atoms with van der Waals surface area (Å²) >= 11 is 0. The van der Waals surface area contributed by atoms with Gasteiger partial charge >= 0.3 is 5.97 Å². The van der Waals surface area contributed by atoms with Gasteiger partial charge < -0.3 is 10.1 Å². The molecule has 0 fully saturated rings. The Labute approximate surface area is 169 Å². The molecule has 29 heavy (non-hydrogen) atoms. The molecule has 0 unspecified atom stereocenters. The highest BCUT2D eigenvalue weighted by Gasteiger charge is 2.21. The highest BCUT2D eigenvalue weighted by molar-refractivity contribution is 7.89. The second-order valence-corrected chi connectivity index (χ2v) is 7.99. The third kappa shape index (κ3) is 5.85. The zero-order chi connectivity index (χ0) is 21.4. The lowest BCUT2D eigenvalue weighted by Crippen LogP contribution is -2.31. The lowest BCUT2D eigenvalue weighted by molar-refractivity contribution is -0.143. The SMILES string of the molecule is CCN(CC)S(=O)(=O)c1ccc(C(=O)NCC(=O)OCc2ccccc2F)cc1. The van der Waals surface area contributed by atoms with Crippen LogP contribution in [0, 0.1) is 5.82 Å². The fraction of sp³-hybridized carbons (Fsp3) is 0.300. The van der Waals surface area contributed by atoms with Crippen molar-refractivity contribution in [2.45, 2.75) is 25.3 Å². The van der Waals surface area contributed by atoms with E-state index in [0.717, 1.165) is 0 Å². The van der Waals surface area contributed by atoms with E-state index in [-0.39, 0.29) is 22.6 Å². The molecule has 0 aliphatic rings. The molecule has 156 valence electrons. The van der Waals surface area contributed by atoms with Crippen molar-refractivity contribution < 1.29 is 27.1 Å². The molecule has 2 aromatic rings. The smallest absolute Gasteiger partial charge is 0.325 e. The Bertz CT molecular complexity index is 957. The van der Waals surface area contributed by atoms with Crippen LogP contribution >= 0.6 is 0 Å². The molecule has 0 spiro atoms. The van der Waals surface area contributed by atoms with Crippen molar-refractivity contribution in [3.05, 3.63) is 65.5 Å². The van der Waals surface area contributed by atoms with E-state index in [1.165, 1.54) is 46.8 Å². The summed E-state index contributed by atoms with van der Waals surface area (Å²) in [4.78, 5) is 24.0. The van der Waals surface area contributed by atoms with E-state index in [1.54, 1.807) is 19.9 Å². The first kappa shape index (κ1) is 22.5. The quantitative estimate of drug-likeness (QED) is 0.626. The van der Waals surface area contributed by atoms with Crippen molar-refractivity contribution in [1.82, 2.24) is 9.62 Å². The second kappa shape index (κ2) is 10.1. The Morgan fingerprint density at radius 2 is 1.66 bits per heavy atom. The van der Waals surface area contributed by atoms with Crippen molar-refractivity contribution in [1.29, 1.82) is 0 Å². The van der Waals surface area contributed by atoms with E-state index in [2.05, 4.69) is 5.32 Å². The molecule has 1 N–H and O–H groups in total. The van der Waals surface area contributed by atoms with Crippen LogP contribution in [0.4, 0.5) is 4.39 Å². The molecule has 0 saturated carbocycles. The maximum atomic E-state index is 13.5. The third-order valence-electron chi connectivity index (χ3n) is 4.20. The normalized spacial score (nSPS) is 11.3. The first-order valence-corrected chi connectivity index (χ1v) is 10.5. The van der Waals surface area contributed by atoms with Crippen LogP contribution < -0.4 is 5.32 Å². The molecule has 0 aliphatic heterocycles. The van der Waals surface area contributed by atoms with Gasteiger partial charge in [0.1, 0.15) is 19.0 Å². The van der Waals surface area contributed by atoms with Gasteiger partial charge in [-0.3, -0.25) is 9.59 Å². The van der Waals surface area contributed by atoms with E-state index in [9.17, 15) is 22.4 Å². The molecule has 2 rings (SSSR count). The van der Waals surface area contributed by atoms with Crippen LogP contribution in [0.3, 0.4) is 0 Å². The van der Waals surface area contributed by atoms with E-state index in [1.807, 2.05) is 0 Å². The molecule has 9 heteroatoms. The van der Waals surface area contributed by atoms with Crippen LogP contribution in [-0.4, -0.2) is 44.2 Å². The Morgan fingerprint density at radius 3 is 2.24 bits per heavy atom. The number of carbonyl (C=O) groups excluding carboxylic acids is 2. The molecule has 0 heterocycles. The molecule has 0 aliphatic carbocycles. The molecule has 1 amide bonds. The number of benzene rings is 2. The highest BCUT2D eigenvalue weighted by Crippen LogP contribution is 2.16. The van der Waals surface area contributed by atoms with Crippen LogP contribution in [0.5, 0.6) is 0 Å². The molecule has 0 radical (unpaired) electrons. The molecule has 0 saturated heterocycles. The summed E-state index contributed by atoms with van der Waals surface area (Å²) < 4.78 is 44.6. The minimum atomic E-state index is -3.61. The number of halogens is 1. The van der Waals surface area contributed by atoms with Crippen LogP contribution in [0.15, 0.2) is 53.4 Å². The third-order valence-corrected chi connectivity index (χ3v) is 6.26. The largest absolute Gasteiger partial charge is 0.459 e. The molecule has 0 aromatic heterocycles. The first-order valence-electron chi connectivity index (χ1n) is 9.07. The minimum absolute atomic E-state index is 0.0852. The summed E-state index contributed by atoms with van der Waals surface area (Å²) in [5.41, 5.74) is 0.433.